The van der Waals surface area contributed by atoms with Gasteiger partial charge in [0.1, 0.15) is 10.9 Å². The molecular weight excluding hydrogens is 282 g/mol. The quantitative estimate of drug-likeness (QED) is 0.470. The Morgan fingerprint density at radius 2 is 1.70 bits per heavy atom. The Balaban J connectivity index is 4.13. The average molecular weight is 310 g/mol. The first-order valence-corrected chi connectivity index (χ1v) is 8.19. The van der Waals surface area contributed by atoms with Crippen LogP contribution in [-0.4, -0.2) is 28.5 Å². The maximum absolute atomic E-state index is 12.7. The predicted octanol–water partition coefficient (Wildman–Crippen LogP) is 4.91. The van der Waals surface area contributed by atoms with Crippen molar-refractivity contribution in [1.82, 2.24) is 0 Å². The Hall–Kier alpha value is -0.320. The maximum Gasteiger partial charge on any atom is 0.319 e. The summed E-state index contributed by atoms with van der Waals surface area (Å²) in [5, 5.41) is -0.226. The van der Waals surface area contributed by atoms with Gasteiger partial charge in [0.15, 0.2) is 0 Å². The number of thioether (sulfide) groups is 1. The number of carbonyl (C=O) groups excluding carboxylic acids is 1. The van der Waals surface area contributed by atoms with E-state index < -0.39 is 11.5 Å². The number of hydrogen-bond acceptors (Lipinski definition) is 3. The average Bonchev–Trinajstić information content (AvgIpc) is 2.17. The molecule has 120 valence electrons. The van der Waals surface area contributed by atoms with Crippen LogP contribution in [0.5, 0.6) is 0 Å². The number of ether oxygens (including phenoxy) is 1. The van der Waals surface area contributed by atoms with E-state index >= 15 is 0 Å². The van der Waals surface area contributed by atoms with Crippen LogP contribution < -0.4 is 0 Å². The summed E-state index contributed by atoms with van der Waals surface area (Å²) in [6.45, 7) is 10.4. The van der Waals surface area contributed by atoms with Gasteiger partial charge in [-0.2, -0.15) is 0 Å². The zero-order valence-corrected chi connectivity index (χ0v) is 14.3. The molecule has 0 aliphatic carbocycles. The van der Waals surface area contributed by atoms with Gasteiger partial charge in [-0.1, -0.05) is 13.8 Å². The summed E-state index contributed by atoms with van der Waals surface area (Å²) >= 11 is 1.51. The third-order valence-corrected chi connectivity index (χ3v) is 4.17. The second kappa shape index (κ2) is 8.20. The lowest BCUT2D eigenvalue weighted by atomic mass is 10.1. The van der Waals surface area contributed by atoms with Crippen molar-refractivity contribution in [3.8, 4) is 0 Å². The number of halogens is 2. The summed E-state index contributed by atoms with van der Waals surface area (Å²) in [7, 11) is 0. The monoisotopic (exact) mass is 310 g/mol. The second-order valence-electron chi connectivity index (χ2n) is 6.60. The summed E-state index contributed by atoms with van der Waals surface area (Å²) in [6.07, 6.45) is 1.09. The summed E-state index contributed by atoms with van der Waals surface area (Å²) in [5.74, 6) is -1.92. The summed E-state index contributed by atoms with van der Waals surface area (Å²) in [6, 6.07) is 0. The minimum Gasteiger partial charge on any atom is -0.459 e. The van der Waals surface area contributed by atoms with Crippen molar-refractivity contribution >= 4 is 17.7 Å². The molecule has 0 spiro atoms. The predicted molar refractivity (Wildman–Crippen MR) is 81.4 cm³/mol. The van der Waals surface area contributed by atoms with Crippen molar-refractivity contribution in [2.75, 3.05) is 5.75 Å². The zero-order valence-electron chi connectivity index (χ0n) is 13.5. The molecule has 0 aromatic heterocycles. The number of unbranched alkanes of at least 4 members (excludes halogenated alkanes) is 1. The number of rotatable bonds is 8. The summed E-state index contributed by atoms with van der Waals surface area (Å²) in [4.78, 5) is 12.1. The van der Waals surface area contributed by atoms with Crippen LogP contribution in [0.1, 0.15) is 60.8 Å². The number of alkyl halides is 2. The van der Waals surface area contributed by atoms with Gasteiger partial charge in [-0.3, -0.25) is 4.79 Å². The first-order chi connectivity index (χ1) is 8.92. The van der Waals surface area contributed by atoms with Crippen molar-refractivity contribution in [2.45, 2.75) is 77.6 Å². The molecule has 20 heavy (non-hydrogen) atoms. The Bertz CT molecular complexity index is 293. The largest absolute Gasteiger partial charge is 0.459 e. The normalized spacial score (nSPS) is 14.4. The molecule has 0 aliphatic rings. The van der Waals surface area contributed by atoms with Gasteiger partial charge in [-0.15, -0.1) is 11.8 Å². The Kier molecular flexibility index (Phi) is 8.07. The van der Waals surface area contributed by atoms with E-state index in [2.05, 4.69) is 0 Å². The molecular formula is C15H28F2O2S. The lowest BCUT2D eigenvalue weighted by Gasteiger charge is -2.25. The first kappa shape index (κ1) is 19.7. The van der Waals surface area contributed by atoms with E-state index in [1.54, 1.807) is 0 Å². The van der Waals surface area contributed by atoms with E-state index in [1.807, 2.05) is 34.6 Å². The minimum atomic E-state index is -2.59. The standard InChI is InChI=1S/C15H28F2O2S/c1-11(2)12(13(18)19-14(3,4)5)20-10-8-7-9-15(6,16)17/h11-12H,7-10H2,1-6H3. The van der Waals surface area contributed by atoms with Crippen LogP contribution in [0.3, 0.4) is 0 Å². The molecule has 5 heteroatoms. The molecule has 0 amide bonds. The molecule has 0 bridgehead atoms. The van der Waals surface area contributed by atoms with Crippen molar-refractivity contribution in [1.29, 1.82) is 0 Å². The first-order valence-electron chi connectivity index (χ1n) is 7.14. The van der Waals surface area contributed by atoms with Crippen LogP contribution >= 0.6 is 11.8 Å². The molecule has 0 heterocycles. The molecule has 0 rings (SSSR count). The number of carbonyl (C=O) groups is 1. The maximum atomic E-state index is 12.7. The Labute approximate surface area is 126 Å². The molecule has 0 saturated carbocycles. The fourth-order valence-corrected chi connectivity index (χ4v) is 2.83. The molecule has 0 N–H and O–H groups in total. The van der Waals surface area contributed by atoms with Gasteiger partial charge in [0.25, 0.3) is 0 Å². The van der Waals surface area contributed by atoms with Crippen molar-refractivity contribution < 1.29 is 18.3 Å². The molecule has 1 atom stereocenters. The van der Waals surface area contributed by atoms with E-state index in [1.165, 1.54) is 11.8 Å². The minimum absolute atomic E-state index is 0.0909. The van der Waals surface area contributed by atoms with Gasteiger partial charge < -0.3 is 4.74 Å². The molecule has 0 saturated heterocycles. The number of hydrogen-bond donors (Lipinski definition) is 0. The van der Waals surface area contributed by atoms with Crippen molar-refractivity contribution in [3.05, 3.63) is 0 Å². The van der Waals surface area contributed by atoms with E-state index in [9.17, 15) is 13.6 Å². The SMILES string of the molecule is CC(C)C(SCCCCC(C)(F)F)C(=O)OC(C)(C)C. The fraction of sp³-hybridized carbons (Fsp3) is 0.933. The van der Waals surface area contributed by atoms with Gasteiger partial charge in [-0.25, -0.2) is 8.78 Å². The highest BCUT2D eigenvalue weighted by Gasteiger charge is 2.28. The number of esters is 1. The van der Waals surface area contributed by atoms with Crippen LogP contribution in [0.15, 0.2) is 0 Å². The van der Waals surface area contributed by atoms with Gasteiger partial charge in [-0.05, 0) is 52.2 Å². The molecule has 0 fully saturated rings. The van der Waals surface area contributed by atoms with Crippen LogP contribution in [0, 0.1) is 5.92 Å². The van der Waals surface area contributed by atoms with Crippen LogP contribution in [0.2, 0.25) is 0 Å². The molecule has 2 nitrogen and oxygen atoms in total. The Morgan fingerprint density at radius 1 is 1.15 bits per heavy atom. The zero-order chi connectivity index (χ0) is 16.0. The fourth-order valence-electron chi connectivity index (χ4n) is 1.64. The van der Waals surface area contributed by atoms with Gasteiger partial charge in [0, 0.05) is 6.42 Å². The summed E-state index contributed by atoms with van der Waals surface area (Å²) in [5.41, 5.74) is -0.491. The molecule has 0 aliphatic heterocycles. The third-order valence-electron chi connectivity index (χ3n) is 2.55. The van der Waals surface area contributed by atoms with E-state index in [0.29, 0.717) is 18.6 Å². The topological polar surface area (TPSA) is 26.3 Å². The molecule has 0 aromatic carbocycles. The van der Waals surface area contributed by atoms with Gasteiger partial charge >= 0.3 is 5.97 Å². The molecule has 1 unspecified atom stereocenters. The summed E-state index contributed by atoms with van der Waals surface area (Å²) < 4.78 is 30.7. The van der Waals surface area contributed by atoms with E-state index in [0.717, 1.165) is 6.92 Å². The van der Waals surface area contributed by atoms with Crippen LogP contribution in [0.4, 0.5) is 8.78 Å². The highest BCUT2D eigenvalue weighted by Crippen LogP contribution is 2.26. The molecule has 0 aromatic rings. The smallest absolute Gasteiger partial charge is 0.319 e. The lowest BCUT2D eigenvalue weighted by Crippen LogP contribution is -2.33. The van der Waals surface area contributed by atoms with Gasteiger partial charge in [0.2, 0.25) is 5.92 Å². The van der Waals surface area contributed by atoms with Crippen molar-refractivity contribution in [2.24, 2.45) is 5.92 Å². The molecule has 0 radical (unpaired) electrons. The lowest BCUT2D eigenvalue weighted by molar-refractivity contribution is -0.154. The van der Waals surface area contributed by atoms with Crippen molar-refractivity contribution in [3.63, 3.8) is 0 Å². The van der Waals surface area contributed by atoms with Gasteiger partial charge in [0.05, 0.1) is 0 Å². The van der Waals surface area contributed by atoms with Crippen LogP contribution in [0.25, 0.3) is 0 Å². The third kappa shape index (κ3) is 10.5. The highest BCUT2D eigenvalue weighted by atomic mass is 32.2. The van der Waals surface area contributed by atoms with E-state index in [4.69, 9.17) is 4.74 Å². The highest BCUT2D eigenvalue weighted by molar-refractivity contribution is 8.00. The van der Waals surface area contributed by atoms with Crippen LogP contribution in [-0.2, 0) is 9.53 Å². The van der Waals surface area contributed by atoms with E-state index in [-0.39, 0.29) is 23.6 Å². The Morgan fingerprint density at radius 3 is 2.10 bits per heavy atom. The second-order valence-corrected chi connectivity index (χ2v) is 7.85.